The van der Waals surface area contributed by atoms with Gasteiger partial charge < -0.3 is 5.32 Å². The summed E-state index contributed by atoms with van der Waals surface area (Å²) in [5.41, 5.74) is 6.21. The third-order valence-corrected chi connectivity index (χ3v) is 6.49. The van der Waals surface area contributed by atoms with Gasteiger partial charge in [0.1, 0.15) is 0 Å². The standard InChI is InChI=1S/C27H32N2O/c1-17-12-21(16-27(4,5)15-17)28-26(30)23-14-25(20-11-10-18(2)19(3)13-20)29-24-9-7-6-8-22(23)24/h6-11,13-14,17,21H,12,15-16H2,1-5H3,(H,28,30)/t17-,21-/m1/s1. The van der Waals surface area contributed by atoms with Crippen molar-refractivity contribution >= 4 is 16.8 Å². The lowest BCUT2D eigenvalue weighted by molar-refractivity contribution is 0.0876. The van der Waals surface area contributed by atoms with Crippen LogP contribution in [0.15, 0.2) is 48.5 Å². The van der Waals surface area contributed by atoms with E-state index in [-0.39, 0.29) is 17.4 Å². The highest BCUT2D eigenvalue weighted by molar-refractivity contribution is 6.07. The number of amides is 1. The molecule has 4 rings (SSSR count). The number of aromatic nitrogens is 1. The summed E-state index contributed by atoms with van der Waals surface area (Å²) in [5, 5.41) is 4.25. The van der Waals surface area contributed by atoms with Gasteiger partial charge in [0.25, 0.3) is 5.91 Å². The molecule has 156 valence electrons. The summed E-state index contributed by atoms with van der Waals surface area (Å²) < 4.78 is 0. The molecular formula is C27H32N2O. The van der Waals surface area contributed by atoms with Crippen LogP contribution in [0.1, 0.15) is 61.5 Å². The van der Waals surface area contributed by atoms with Crippen molar-refractivity contribution in [3.8, 4) is 11.3 Å². The van der Waals surface area contributed by atoms with Gasteiger partial charge in [-0.25, -0.2) is 4.98 Å². The summed E-state index contributed by atoms with van der Waals surface area (Å²) in [6.45, 7) is 11.1. The zero-order chi connectivity index (χ0) is 21.5. The Bertz CT molecular complexity index is 1100. The molecule has 0 aliphatic heterocycles. The van der Waals surface area contributed by atoms with Crippen molar-refractivity contribution in [2.75, 3.05) is 0 Å². The number of aryl methyl sites for hydroxylation is 2. The fourth-order valence-corrected chi connectivity index (χ4v) is 5.13. The van der Waals surface area contributed by atoms with Crippen LogP contribution in [-0.4, -0.2) is 16.9 Å². The Balaban J connectivity index is 1.72. The minimum Gasteiger partial charge on any atom is -0.349 e. The fourth-order valence-electron chi connectivity index (χ4n) is 5.13. The van der Waals surface area contributed by atoms with Gasteiger partial charge >= 0.3 is 0 Å². The smallest absolute Gasteiger partial charge is 0.252 e. The number of para-hydroxylation sites is 1. The Kier molecular flexibility index (Phi) is 5.40. The number of nitrogens with zero attached hydrogens (tertiary/aromatic N) is 1. The van der Waals surface area contributed by atoms with Gasteiger partial charge in [0.05, 0.1) is 16.8 Å². The Morgan fingerprint density at radius 1 is 1.03 bits per heavy atom. The van der Waals surface area contributed by atoms with Gasteiger partial charge in [-0.15, -0.1) is 0 Å². The van der Waals surface area contributed by atoms with Crippen LogP contribution in [0.25, 0.3) is 22.2 Å². The number of hydrogen-bond donors (Lipinski definition) is 1. The van der Waals surface area contributed by atoms with Crippen molar-refractivity contribution in [3.63, 3.8) is 0 Å². The predicted octanol–water partition coefficient (Wildman–Crippen LogP) is 6.46. The number of hydrogen-bond acceptors (Lipinski definition) is 2. The molecule has 3 heteroatoms. The molecule has 0 saturated heterocycles. The van der Waals surface area contributed by atoms with E-state index in [9.17, 15) is 4.79 Å². The van der Waals surface area contributed by atoms with Crippen LogP contribution >= 0.6 is 0 Å². The lowest BCUT2D eigenvalue weighted by Crippen LogP contribution is -2.43. The molecule has 2 aromatic carbocycles. The first kappa shape index (κ1) is 20.6. The van der Waals surface area contributed by atoms with Gasteiger partial charge in [-0.1, -0.05) is 51.1 Å². The normalized spacial score (nSPS) is 20.8. The molecule has 1 aromatic heterocycles. The van der Waals surface area contributed by atoms with E-state index in [0.717, 1.165) is 35.0 Å². The quantitative estimate of drug-likeness (QED) is 0.548. The second-order valence-electron chi connectivity index (χ2n) is 9.95. The van der Waals surface area contributed by atoms with Gasteiger partial charge in [-0.2, -0.15) is 0 Å². The third kappa shape index (κ3) is 4.26. The summed E-state index contributed by atoms with van der Waals surface area (Å²) in [4.78, 5) is 18.3. The van der Waals surface area contributed by atoms with E-state index in [1.54, 1.807) is 0 Å². The summed E-state index contributed by atoms with van der Waals surface area (Å²) in [6.07, 6.45) is 3.28. The molecule has 0 unspecified atom stereocenters. The van der Waals surface area contributed by atoms with E-state index in [2.05, 4.69) is 58.1 Å². The summed E-state index contributed by atoms with van der Waals surface area (Å²) >= 11 is 0. The average molecular weight is 401 g/mol. The maximum absolute atomic E-state index is 13.4. The average Bonchev–Trinajstić information content (AvgIpc) is 2.67. The molecule has 1 aliphatic carbocycles. The minimum absolute atomic E-state index is 0.00795. The zero-order valence-corrected chi connectivity index (χ0v) is 18.8. The van der Waals surface area contributed by atoms with Crippen LogP contribution in [0.2, 0.25) is 0 Å². The minimum atomic E-state index is 0.00795. The second-order valence-corrected chi connectivity index (χ2v) is 9.95. The third-order valence-electron chi connectivity index (χ3n) is 6.49. The van der Waals surface area contributed by atoms with Crippen molar-refractivity contribution in [2.24, 2.45) is 11.3 Å². The number of pyridine rings is 1. The summed E-state index contributed by atoms with van der Waals surface area (Å²) in [7, 11) is 0. The Hall–Kier alpha value is -2.68. The Labute approximate surface area is 179 Å². The van der Waals surface area contributed by atoms with E-state index >= 15 is 0 Å². The molecule has 3 aromatic rings. The Morgan fingerprint density at radius 2 is 1.80 bits per heavy atom. The van der Waals surface area contributed by atoms with E-state index in [0.29, 0.717) is 11.5 Å². The monoisotopic (exact) mass is 400 g/mol. The fraction of sp³-hybridized carbons (Fsp3) is 0.407. The molecule has 1 heterocycles. The molecule has 1 fully saturated rings. The number of rotatable bonds is 3. The van der Waals surface area contributed by atoms with Gasteiger partial charge in [0.15, 0.2) is 0 Å². The van der Waals surface area contributed by atoms with Crippen molar-refractivity contribution < 1.29 is 4.79 Å². The SMILES string of the molecule is Cc1ccc(-c2cc(C(=O)N[C@@H]3C[C@@H](C)CC(C)(C)C3)c3ccccc3n2)cc1C. The van der Waals surface area contributed by atoms with Crippen LogP contribution in [0, 0.1) is 25.2 Å². The number of fused-ring (bicyclic) bond motifs is 1. The molecule has 0 spiro atoms. The van der Waals surface area contributed by atoms with E-state index in [1.165, 1.54) is 17.5 Å². The molecule has 2 atom stereocenters. The van der Waals surface area contributed by atoms with Crippen molar-refractivity contribution in [3.05, 3.63) is 65.2 Å². The number of nitrogens with one attached hydrogen (secondary N) is 1. The highest BCUT2D eigenvalue weighted by atomic mass is 16.1. The van der Waals surface area contributed by atoms with Crippen molar-refractivity contribution in [1.29, 1.82) is 0 Å². The maximum atomic E-state index is 13.4. The van der Waals surface area contributed by atoms with Gasteiger partial charge in [-0.3, -0.25) is 4.79 Å². The van der Waals surface area contributed by atoms with Gasteiger partial charge in [-0.05, 0) is 73.8 Å². The molecule has 3 nitrogen and oxygen atoms in total. The van der Waals surface area contributed by atoms with Crippen LogP contribution in [0.5, 0.6) is 0 Å². The van der Waals surface area contributed by atoms with Gasteiger partial charge in [0, 0.05) is 17.0 Å². The van der Waals surface area contributed by atoms with E-state index in [4.69, 9.17) is 4.98 Å². The Morgan fingerprint density at radius 3 is 2.53 bits per heavy atom. The molecule has 1 saturated carbocycles. The van der Waals surface area contributed by atoms with Crippen LogP contribution in [0.4, 0.5) is 0 Å². The zero-order valence-electron chi connectivity index (χ0n) is 18.8. The first-order valence-electron chi connectivity index (χ1n) is 11.0. The summed E-state index contributed by atoms with van der Waals surface area (Å²) in [5.74, 6) is 0.632. The van der Waals surface area contributed by atoms with Crippen LogP contribution < -0.4 is 5.32 Å². The van der Waals surface area contributed by atoms with Crippen LogP contribution in [-0.2, 0) is 0 Å². The first-order chi connectivity index (χ1) is 14.2. The van der Waals surface area contributed by atoms with Crippen molar-refractivity contribution in [1.82, 2.24) is 10.3 Å². The lowest BCUT2D eigenvalue weighted by atomic mass is 9.70. The number of benzene rings is 2. The molecule has 30 heavy (non-hydrogen) atoms. The largest absolute Gasteiger partial charge is 0.349 e. The summed E-state index contributed by atoms with van der Waals surface area (Å²) in [6, 6.07) is 16.5. The highest BCUT2D eigenvalue weighted by Crippen LogP contribution is 2.38. The lowest BCUT2D eigenvalue weighted by Gasteiger charge is -2.39. The van der Waals surface area contributed by atoms with Crippen LogP contribution in [0.3, 0.4) is 0 Å². The maximum Gasteiger partial charge on any atom is 0.252 e. The molecule has 1 amide bonds. The number of carbonyl (C=O) groups excluding carboxylic acids is 1. The topological polar surface area (TPSA) is 42.0 Å². The number of carbonyl (C=O) groups is 1. The molecular weight excluding hydrogens is 368 g/mol. The predicted molar refractivity (Wildman–Crippen MR) is 125 cm³/mol. The molecule has 1 N–H and O–H groups in total. The van der Waals surface area contributed by atoms with Gasteiger partial charge in [0.2, 0.25) is 0 Å². The molecule has 1 aliphatic rings. The van der Waals surface area contributed by atoms with E-state index in [1.807, 2.05) is 30.3 Å². The second kappa shape index (κ2) is 7.86. The van der Waals surface area contributed by atoms with Crippen molar-refractivity contribution in [2.45, 2.75) is 59.9 Å². The molecule has 0 bridgehead atoms. The van der Waals surface area contributed by atoms with E-state index < -0.39 is 0 Å². The first-order valence-corrected chi connectivity index (χ1v) is 11.0. The molecule has 0 radical (unpaired) electrons. The highest BCUT2D eigenvalue weighted by Gasteiger charge is 2.33.